The first-order valence-electron chi connectivity index (χ1n) is 8.02. The van der Waals surface area contributed by atoms with Gasteiger partial charge in [-0.05, 0) is 24.8 Å². The summed E-state index contributed by atoms with van der Waals surface area (Å²) in [5.41, 5.74) is 7.01. The molecule has 0 spiro atoms. The molecule has 0 aliphatic carbocycles. The maximum absolute atomic E-state index is 11.8. The highest BCUT2D eigenvalue weighted by molar-refractivity contribution is 5.85. The van der Waals surface area contributed by atoms with Gasteiger partial charge in [0, 0.05) is 38.8 Å². The number of hydrogen-bond donors (Lipinski definition) is 2. The van der Waals surface area contributed by atoms with E-state index in [1.165, 1.54) is 0 Å². The fourth-order valence-corrected chi connectivity index (χ4v) is 2.48. The molecule has 1 aromatic carbocycles. The van der Waals surface area contributed by atoms with Crippen LogP contribution in [0.25, 0.3) is 0 Å². The average molecular weight is 343 g/mol. The topological polar surface area (TPSA) is 73.6 Å². The third-order valence-corrected chi connectivity index (χ3v) is 3.80. The van der Waals surface area contributed by atoms with Crippen molar-refractivity contribution in [3.63, 3.8) is 0 Å². The predicted molar refractivity (Wildman–Crippen MR) is 92.7 cm³/mol. The highest BCUT2D eigenvalue weighted by Crippen LogP contribution is 2.13. The number of carbonyl (C=O) groups excluding carboxylic acids is 1. The van der Waals surface area contributed by atoms with Crippen molar-refractivity contribution >= 4 is 18.3 Å². The van der Waals surface area contributed by atoms with Gasteiger partial charge in [0.1, 0.15) is 0 Å². The molecule has 1 heterocycles. The Balaban J connectivity index is 0.00000264. The molecule has 1 amide bonds. The fourth-order valence-electron chi connectivity index (χ4n) is 2.48. The summed E-state index contributed by atoms with van der Waals surface area (Å²) in [6.45, 7) is 2.89. The zero-order valence-electron chi connectivity index (χ0n) is 13.4. The van der Waals surface area contributed by atoms with Gasteiger partial charge in [0.2, 0.25) is 5.91 Å². The fraction of sp³-hybridized carbons (Fsp3) is 0.588. The SMILES string of the molecule is Cl.NC(CC(=O)NCCCOC1CCOCC1)c1ccccc1. The van der Waals surface area contributed by atoms with Crippen LogP contribution in [0.4, 0.5) is 0 Å². The molecule has 1 aromatic rings. The van der Waals surface area contributed by atoms with Gasteiger partial charge in [-0.2, -0.15) is 0 Å². The van der Waals surface area contributed by atoms with Gasteiger partial charge in [-0.1, -0.05) is 30.3 Å². The van der Waals surface area contributed by atoms with E-state index in [1.807, 2.05) is 30.3 Å². The largest absolute Gasteiger partial charge is 0.381 e. The number of amides is 1. The third-order valence-electron chi connectivity index (χ3n) is 3.80. The summed E-state index contributed by atoms with van der Waals surface area (Å²) in [7, 11) is 0. The average Bonchev–Trinajstić information content (AvgIpc) is 2.56. The van der Waals surface area contributed by atoms with Gasteiger partial charge in [-0.3, -0.25) is 4.79 Å². The van der Waals surface area contributed by atoms with E-state index >= 15 is 0 Å². The molecular formula is C17H27ClN2O3. The van der Waals surface area contributed by atoms with E-state index in [4.69, 9.17) is 15.2 Å². The maximum atomic E-state index is 11.8. The van der Waals surface area contributed by atoms with E-state index in [0.29, 0.717) is 25.7 Å². The summed E-state index contributed by atoms with van der Waals surface area (Å²) in [4.78, 5) is 11.8. The molecule has 130 valence electrons. The molecule has 23 heavy (non-hydrogen) atoms. The minimum atomic E-state index is -0.250. The molecule has 3 N–H and O–H groups in total. The zero-order chi connectivity index (χ0) is 15.6. The second kappa shape index (κ2) is 11.4. The highest BCUT2D eigenvalue weighted by atomic mass is 35.5. The standard InChI is InChI=1S/C17H26N2O3.ClH/c18-16(14-5-2-1-3-6-14)13-17(20)19-9-4-10-22-15-7-11-21-12-8-15;/h1-3,5-6,15-16H,4,7-13,18H2,(H,19,20);1H. The molecule has 1 atom stereocenters. The van der Waals surface area contributed by atoms with Crippen molar-refractivity contribution in [1.82, 2.24) is 5.32 Å². The summed E-state index contributed by atoms with van der Waals surface area (Å²) in [5, 5.41) is 2.90. The Morgan fingerprint density at radius 1 is 1.30 bits per heavy atom. The van der Waals surface area contributed by atoms with Gasteiger partial charge in [0.15, 0.2) is 0 Å². The Morgan fingerprint density at radius 3 is 2.70 bits per heavy atom. The van der Waals surface area contributed by atoms with Crippen LogP contribution in [-0.4, -0.2) is 38.4 Å². The van der Waals surface area contributed by atoms with Crippen LogP contribution in [0.5, 0.6) is 0 Å². The molecule has 1 aliphatic heterocycles. The third kappa shape index (κ3) is 7.79. The van der Waals surface area contributed by atoms with Crippen LogP contribution in [0.1, 0.15) is 37.3 Å². The molecule has 0 aromatic heterocycles. The molecular weight excluding hydrogens is 316 g/mol. The first-order valence-corrected chi connectivity index (χ1v) is 8.02. The van der Waals surface area contributed by atoms with Crippen LogP contribution in [0, 0.1) is 0 Å². The minimum absolute atomic E-state index is 0. The Morgan fingerprint density at radius 2 is 2.00 bits per heavy atom. The van der Waals surface area contributed by atoms with E-state index in [1.54, 1.807) is 0 Å². The summed E-state index contributed by atoms with van der Waals surface area (Å²) in [5.74, 6) is -0.0116. The number of benzene rings is 1. The monoisotopic (exact) mass is 342 g/mol. The van der Waals surface area contributed by atoms with Crippen molar-refractivity contribution in [3.8, 4) is 0 Å². The van der Waals surface area contributed by atoms with Crippen molar-refractivity contribution in [1.29, 1.82) is 0 Å². The summed E-state index contributed by atoms with van der Waals surface area (Å²) >= 11 is 0. The molecule has 6 heteroatoms. The zero-order valence-corrected chi connectivity index (χ0v) is 14.2. The van der Waals surface area contributed by atoms with Crippen LogP contribution >= 0.6 is 12.4 Å². The first-order chi connectivity index (χ1) is 10.8. The number of ether oxygens (including phenoxy) is 2. The normalized spacial score (nSPS) is 16.4. The molecule has 2 rings (SSSR count). The number of halogens is 1. The number of carbonyl (C=O) groups is 1. The van der Waals surface area contributed by atoms with E-state index in [2.05, 4.69) is 5.32 Å². The molecule has 1 unspecified atom stereocenters. The molecule has 5 nitrogen and oxygen atoms in total. The summed E-state index contributed by atoms with van der Waals surface area (Å²) in [6.07, 6.45) is 3.39. The minimum Gasteiger partial charge on any atom is -0.381 e. The lowest BCUT2D eigenvalue weighted by Gasteiger charge is -2.22. The van der Waals surface area contributed by atoms with Gasteiger partial charge in [0.05, 0.1) is 6.10 Å². The van der Waals surface area contributed by atoms with Crippen molar-refractivity contribution in [2.45, 2.75) is 37.8 Å². The smallest absolute Gasteiger partial charge is 0.221 e. The van der Waals surface area contributed by atoms with Crippen LogP contribution < -0.4 is 11.1 Å². The van der Waals surface area contributed by atoms with E-state index < -0.39 is 0 Å². The summed E-state index contributed by atoms with van der Waals surface area (Å²) < 4.78 is 11.0. The van der Waals surface area contributed by atoms with Crippen molar-refractivity contribution in [3.05, 3.63) is 35.9 Å². The van der Waals surface area contributed by atoms with Gasteiger partial charge in [-0.15, -0.1) is 12.4 Å². The molecule has 1 fully saturated rings. The molecule has 0 saturated carbocycles. The molecule has 1 aliphatic rings. The maximum Gasteiger partial charge on any atom is 0.221 e. The van der Waals surface area contributed by atoms with Gasteiger partial charge < -0.3 is 20.5 Å². The Kier molecular flexibility index (Phi) is 9.87. The second-order valence-corrected chi connectivity index (χ2v) is 5.61. The van der Waals surface area contributed by atoms with Crippen LogP contribution in [-0.2, 0) is 14.3 Å². The van der Waals surface area contributed by atoms with Gasteiger partial charge in [-0.25, -0.2) is 0 Å². The number of nitrogens with two attached hydrogens (primary N) is 1. The highest BCUT2D eigenvalue weighted by Gasteiger charge is 2.14. The van der Waals surface area contributed by atoms with Gasteiger partial charge in [0.25, 0.3) is 0 Å². The lowest BCUT2D eigenvalue weighted by atomic mass is 10.0. The Hall–Kier alpha value is -1.14. The van der Waals surface area contributed by atoms with Gasteiger partial charge >= 0.3 is 0 Å². The van der Waals surface area contributed by atoms with E-state index in [-0.39, 0.29) is 24.4 Å². The van der Waals surface area contributed by atoms with Crippen molar-refractivity contribution < 1.29 is 14.3 Å². The second-order valence-electron chi connectivity index (χ2n) is 5.61. The molecule has 0 bridgehead atoms. The van der Waals surface area contributed by atoms with E-state index in [0.717, 1.165) is 38.0 Å². The van der Waals surface area contributed by atoms with Crippen LogP contribution in [0.3, 0.4) is 0 Å². The lowest BCUT2D eigenvalue weighted by Crippen LogP contribution is -2.29. The van der Waals surface area contributed by atoms with Crippen molar-refractivity contribution in [2.75, 3.05) is 26.4 Å². The van der Waals surface area contributed by atoms with E-state index in [9.17, 15) is 4.79 Å². The quantitative estimate of drug-likeness (QED) is 0.710. The molecule has 1 saturated heterocycles. The van der Waals surface area contributed by atoms with Crippen LogP contribution in [0.2, 0.25) is 0 Å². The van der Waals surface area contributed by atoms with Crippen LogP contribution in [0.15, 0.2) is 30.3 Å². The first kappa shape index (κ1) is 19.9. The Bertz CT molecular complexity index is 439. The number of hydrogen-bond acceptors (Lipinski definition) is 4. The Labute approximate surface area is 144 Å². The molecule has 0 radical (unpaired) electrons. The summed E-state index contributed by atoms with van der Waals surface area (Å²) in [6, 6.07) is 9.44. The number of rotatable bonds is 8. The predicted octanol–water partition coefficient (Wildman–Crippen LogP) is 2.20. The number of nitrogens with one attached hydrogen (secondary N) is 1. The lowest BCUT2D eigenvalue weighted by molar-refractivity contribution is -0.121. The van der Waals surface area contributed by atoms with Crippen molar-refractivity contribution in [2.24, 2.45) is 5.73 Å².